The van der Waals surface area contributed by atoms with E-state index in [1.54, 1.807) is 6.07 Å². The van der Waals surface area contributed by atoms with E-state index in [1.165, 1.54) is 0 Å². The van der Waals surface area contributed by atoms with Crippen molar-refractivity contribution in [3.63, 3.8) is 0 Å². The molecule has 0 aliphatic heterocycles. The van der Waals surface area contributed by atoms with E-state index in [0.29, 0.717) is 5.56 Å². The summed E-state index contributed by atoms with van der Waals surface area (Å²) >= 11 is 0. The van der Waals surface area contributed by atoms with Crippen LogP contribution in [0.5, 0.6) is 0 Å². The van der Waals surface area contributed by atoms with E-state index in [1.807, 2.05) is 35.9 Å². The highest BCUT2D eigenvalue weighted by Crippen LogP contribution is 2.18. The van der Waals surface area contributed by atoms with Crippen LogP contribution in [0, 0.1) is 0 Å². The summed E-state index contributed by atoms with van der Waals surface area (Å²) in [7, 11) is 0. The predicted octanol–water partition coefficient (Wildman–Crippen LogP) is 2.76. The van der Waals surface area contributed by atoms with Crippen molar-refractivity contribution in [2.75, 3.05) is 0 Å². The van der Waals surface area contributed by atoms with Gasteiger partial charge < -0.3 is 9.88 Å². The van der Waals surface area contributed by atoms with Crippen LogP contribution in [-0.2, 0) is 11.3 Å². The molecule has 0 fully saturated rings. The maximum atomic E-state index is 12.0. The van der Waals surface area contributed by atoms with Crippen LogP contribution in [0.3, 0.4) is 0 Å². The number of rotatable bonds is 6. The van der Waals surface area contributed by atoms with Crippen LogP contribution in [0.25, 0.3) is 10.9 Å². The van der Waals surface area contributed by atoms with Gasteiger partial charge in [0.15, 0.2) is 6.29 Å². The Morgan fingerprint density at radius 2 is 2.20 bits per heavy atom. The highest BCUT2D eigenvalue weighted by molar-refractivity contribution is 5.97. The molecule has 1 aromatic carbocycles. The number of nitrogens with one attached hydrogen (secondary N) is 1. The lowest BCUT2D eigenvalue weighted by atomic mass is 10.1. The normalized spacial score (nSPS) is 12.3. The van der Waals surface area contributed by atoms with Crippen molar-refractivity contribution in [3.05, 3.63) is 36.0 Å². The monoisotopic (exact) mass is 272 g/mol. The van der Waals surface area contributed by atoms with E-state index in [2.05, 4.69) is 12.2 Å². The first kappa shape index (κ1) is 14.3. The first-order valence-corrected chi connectivity index (χ1v) is 6.98. The second-order valence-corrected chi connectivity index (χ2v) is 5.10. The Morgan fingerprint density at radius 3 is 2.90 bits per heavy atom. The number of nitrogens with zero attached hydrogens (tertiary/aromatic N) is 1. The fourth-order valence-corrected chi connectivity index (χ4v) is 2.47. The third-order valence-electron chi connectivity index (χ3n) is 3.42. The number of hydrogen-bond acceptors (Lipinski definition) is 2. The number of carbonyl (C=O) groups is 2. The van der Waals surface area contributed by atoms with E-state index >= 15 is 0 Å². The van der Waals surface area contributed by atoms with Gasteiger partial charge >= 0.3 is 0 Å². The maximum Gasteiger partial charge on any atom is 0.240 e. The standard InChI is InChI=1S/C16H20N2O2/c1-3-5-12(2)17-16(20)10-18-9-8-14-13(11-19)6-4-7-15(14)18/h4,6-9,11-12H,3,5,10H2,1-2H3,(H,17,20). The van der Waals surface area contributed by atoms with Gasteiger partial charge in [-0.15, -0.1) is 0 Å². The second kappa shape index (κ2) is 6.37. The van der Waals surface area contributed by atoms with Crippen LogP contribution in [0.1, 0.15) is 37.0 Å². The van der Waals surface area contributed by atoms with Crippen LogP contribution in [0.2, 0.25) is 0 Å². The van der Waals surface area contributed by atoms with Gasteiger partial charge in [0.2, 0.25) is 5.91 Å². The van der Waals surface area contributed by atoms with Gasteiger partial charge in [0.1, 0.15) is 6.54 Å². The quantitative estimate of drug-likeness (QED) is 0.822. The first-order valence-electron chi connectivity index (χ1n) is 6.98. The van der Waals surface area contributed by atoms with E-state index < -0.39 is 0 Å². The summed E-state index contributed by atoms with van der Waals surface area (Å²) in [6, 6.07) is 7.61. The summed E-state index contributed by atoms with van der Waals surface area (Å²) in [5.41, 5.74) is 1.56. The number of carbonyl (C=O) groups excluding carboxylic acids is 2. The van der Waals surface area contributed by atoms with Gasteiger partial charge in [-0.05, 0) is 25.5 Å². The summed E-state index contributed by atoms with van der Waals surface area (Å²) in [5, 5.41) is 3.87. The molecule has 1 heterocycles. The lowest BCUT2D eigenvalue weighted by Crippen LogP contribution is -2.34. The average Bonchev–Trinajstić information content (AvgIpc) is 2.82. The molecular weight excluding hydrogens is 252 g/mol. The summed E-state index contributed by atoms with van der Waals surface area (Å²) < 4.78 is 1.87. The summed E-state index contributed by atoms with van der Waals surface area (Å²) in [6.45, 7) is 4.39. The van der Waals surface area contributed by atoms with Gasteiger partial charge in [0.05, 0.1) is 0 Å². The molecule has 20 heavy (non-hydrogen) atoms. The molecule has 0 saturated heterocycles. The number of amides is 1. The predicted molar refractivity (Wildman–Crippen MR) is 79.8 cm³/mol. The number of fused-ring (bicyclic) bond motifs is 1. The Hall–Kier alpha value is -2.10. The number of hydrogen-bond donors (Lipinski definition) is 1. The number of aldehydes is 1. The minimum Gasteiger partial charge on any atom is -0.352 e. The molecule has 1 N–H and O–H groups in total. The van der Waals surface area contributed by atoms with E-state index in [-0.39, 0.29) is 18.5 Å². The SMILES string of the molecule is CCCC(C)NC(=O)Cn1ccc2c(C=O)cccc21. The lowest BCUT2D eigenvalue weighted by molar-refractivity contribution is -0.122. The van der Waals surface area contributed by atoms with Gasteiger partial charge in [-0.25, -0.2) is 0 Å². The Labute approximate surface area is 118 Å². The highest BCUT2D eigenvalue weighted by atomic mass is 16.2. The molecule has 2 aromatic rings. The van der Waals surface area contributed by atoms with Crippen LogP contribution < -0.4 is 5.32 Å². The van der Waals surface area contributed by atoms with Crippen molar-refractivity contribution in [1.29, 1.82) is 0 Å². The molecule has 1 aromatic heterocycles. The zero-order valence-electron chi connectivity index (χ0n) is 11.9. The van der Waals surface area contributed by atoms with Gasteiger partial charge in [0.25, 0.3) is 0 Å². The molecule has 1 amide bonds. The fourth-order valence-electron chi connectivity index (χ4n) is 2.47. The Bertz CT molecular complexity index is 616. The topological polar surface area (TPSA) is 51.1 Å². The number of aromatic nitrogens is 1. The Balaban J connectivity index is 2.14. The molecule has 106 valence electrons. The second-order valence-electron chi connectivity index (χ2n) is 5.10. The Kier molecular flexibility index (Phi) is 4.56. The van der Waals surface area contributed by atoms with Crippen LogP contribution in [0.15, 0.2) is 30.5 Å². The van der Waals surface area contributed by atoms with E-state index in [9.17, 15) is 9.59 Å². The van der Waals surface area contributed by atoms with Crippen molar-refractivity contribution >= 4 is 23.1 Å². The van der Waals surface area contributed by atoms with Crippen molar-refractivity contribution in [2.24, 2.45) is 0 Å². The van der Waals surface area contributed by atoms with Crippen LogP contribution in [0.4, 0.5) is 0 Å². The van der Waals surface area contributed by atoms with Crippen molar-refractivity contribution in [3.8, 4) is 0 Å². The minimum atomic E-state index is -0.0000406. The third-order valence-corrected chi connectivity index (χ3v) is 3.42. The lowest BCUT2D eigenvalue weighted by Gasteiger charge is -2.13. The molecule has 4 heteroatoms. The highest BCUT2D eigenvalue weighted by Gasteiger charge is 2.10. The third kappa shape index (κ3) is 3.07. The van der Waals surface area contributed by atoms with Crippen molar-refractivity contribution in [1.82, 2.24) is 9.88 Å². The molecule has 0 bridgehead atoms. The Morgan fingerprint density at radius 1 is 1.40 bits per heavy atom. The summed E-state index contributed by atoms with van der Waals surface area (Å²) in [6.07, 6.45) is 4.72. The zero-order valence-corrected chi connectivity index (χ0v) is 11.9. The summed E-state index contributed by atoms with van der Waals surface area (Å²) in [4.78, 5) is 23.0. The largest absolute Gasteiger partial charge is 0.352 e. The average molecular weight is 272 g/mol. The molecule has 0 aliphatic rings. The molecule has 2 rings (SSSR count). The fraction of sp³-hybridized carbons (Fsp3) is 0.375. The minimum absolute atomic E-state index is 0.0000406. The molecule has 0 aliphatic carbocycles. The molecule has 1 unspecified atom stereocenters. The number of benzene rings is 1. The summed E-state index contributed by atoms with van der Waals surface area (Å²) in [5.74, 6) is -0.0000406. The van der Waals surface area contributed by atoms with Gasteiger partial charge in [-0.2, -0.15) is 0 Å². The smallest absolute Gasteiger partial charge is 0.240 e. The zero-order chi connectivity index (χ0) is 14.5. The maximum absolute atomic E-state index is 12.0. The van der Waals surface area contributed by atoms with E-state index in [0.717, 1.165) is 30.0 Å². The molecular formula is C16H20N2O2. The van der Waals surface area contributed by atoms with Crippen LogP contribution in [-0.4, -0.2) is 22.8 Å². The molecule has 1 atom stereocenters. The van der Waals surface area contributed by atoms with Gasteiger partial charge in [-0.1, -0.05) is 25.5 Å². The van der Waals surface area contributed by atoms with Crippen LogP contribution >= 0.6 is 0 Å². The van der Waals surface area contributed by atoms with Gasteiger partial charge in [-0.3, -0.25) is 9.59 Å². The van der Waals surface area contributed by atoms with Gasteiger partial charge in [0, 0.05) is 28.7 Å². The first-order chi connectivity index (χ1) is 9.65. The van der Waals surface area contributed by atoms with Crippen molar-refractivity contribution in [2.45, 2.75) is 39.3 Å². The van der Waals surface area contributed by atoms with E-state index in [4.69, 9.17) is 0 Å². The molecule has 0 saturated carbocycles. The molecule has 0 spiro atoms. The van der Waals surface area contributed by atoms with Crippen molar-refractivity contribution < 1.29 is 9.59 Å². The molecule has 0 radical (unpaired) electrons. The molecule has 4 nitrogen and oxygen atoms in total.